The molecule has 3 aromatic carbocycles. The number of carbonyl (C=O) groups is 2. The van der Waals surface area contributed by atoms with Crippen LogP contribution < -0.4 is 10.1 Å². The highest BCUT2D eigenvalue weighted by molar-refractivity contribution is 8.15. The van der Waals surface area contributed by atoms with Crippen molar-refractivity contribution in [2.24, 2.45) is 4.99 Å². The van der Waals surface area contributed by atoms with Crippen molar-refractivity contribution in [2.45, 2.75) is 18.1 Å². The van der Waals surface area contributed by atoms with Crippen LogP contribution in [0.1, 0.15) is 12.0 Å². The molecule has 0 radical (unpaired) electrons. The maximum Gasteiger partial charge on any atom is 0.238 e. The Morgan fingerprint density at radius 2 is 1.86 bits per heavy atom. The number of benzene rings is 3. The SMILES string of the molecule is COc1ccc(N=C2SC(C(=O)Nc3ccc(Cl)cc3)CC(=O)N2CCc2ccccc2F)cc1. The number of carbonyl (C=O) groups excluding carboxylic acids is 2. The molecule has 1 unspecified atom stereocenters. The second-order valence-corrected chi connectivity index (χ2v) is 9.39. The van der Waals surface area contributed by atoms with Crippen LogP contribution in [-0.4, -0.2) is 40.8 Å². The minimum Gasteiger partial charge on any atom is -0.497 e. The summed E-state index contributed by atoms with van der Waals surface area (Å²) in [5.41, 5.74) is 1.70. The van der Waals surface area contributed by atoms with Crippen LogP contribution in [0.3, 0.4) is 0 Å². The smallest absolute Gasteiger partial charge is 0.238 e. The summed E-state index contributed by atoms with van der Waals surface area (Å²) in [6.07, 6.45) is 0.325. The van der Waals surface area contributed by atoms with Crippen LogP contribution in [0.2, 0.25) is 5.02 Å². The number of methoxy groups -OCH3 is 1. The van der Waals surface area contributed by atoms with Gasteiger partial charge in [-0.1, -0.05) is 41.6 Å². The highest BCUT2D eigenvalue weighted by Gasteiger charge is 2.36. The van der Waals surface area contributed by atoms with E-state index in [1.807, 2.05) is 0 Å². The van der Waals surface area contributed by atoms with Crippen molar-refractivity contribution >= 4 is 51.7 Å². The molecule has 3 aromatic rings. The molecule has 0 saturated carbocycles. The van der Waals surface area contributed by atoms with Gasteiger partial charge in [0.2, 0.25) is 11.8 Å². The molecule has 1 atom stereocenters. The van der Waals surface area contributed by atoms with Crippen molar-refractivity contribution < 1.29 is 18.7 Å². The van der Waals surface area contributed by atoms with E-state index in [4.69, 9.17) is 16.3 Å². The monoisotopic (exact) mass is 511 g/mol. The van der Waals surface area contributed by atoms with Gasteiger partial charge in [0.25, 0.3) is 0 Å². The Balaban J connectivity index is 1.56. The Kier molecular flexibility index (Phi) is 8.05. The molecule has 1 saturated heterocycles. The normalized spacial score (nSPS) is 16.9. The molecule has 0 aromatic heterocycles. The Morgan fingerprint density at radius 1 is 1.14 bits per heavy atom. The van der Waals surface area contributed by atoms with Gasteiger partial charge in [0.15, 0.2) is 5.17 Å². The first-order chi connectivity index (χ1) is 16.9. The minimum atomic E-state index is -0.667. The predicted molar refractivity (Wildman–Crippen MR) is 138 cm³/mol. The Bertz CT molecular complexity index is 1240. The number of hydrogen-bond acceptors (Lipinski definition) is 5. The van der Waals surface area contributed by atoms with Gasteiger partial charge in [0, 0.05) is 23.7 Å². The fourth-order valence-corrected chi connectivity index (χ4v) is 4.77. The zero-order valence-corrected chi connectivity index (χ0v) is 20.5. The summed E-state index contributed by atoms with van der Waals surface area (Å²) < 4.78 is 19.3. The van der Waals surface area contributed by atoms with E-state index in [0.29, 0.717) is 39.3 Å². The van der Waals surface area contributed by atoms with Crippen molar-refractivity contribution in [3.05, 3.63) is 89.2 Å². The Morgan fingerprint density at radius 3 is 2.54 bits per heavy atom. The van der Waals surface area contributed by atoms with Gasteiger partial charge in [0.1, 0.15) is 16.8 Å². The van der Waals surface area contributed by atoms with Crippen molar-refractivity contribution in [1.29, 1.82) is 0 Å². The zero-order valence-electron chi connectivity index (χ0n) is 18.9. The highest BCUT2D eigenvalue weighted by Crippen LogP contribution is 2.31. The topological polar surface area (TPSA) is 71.0 Å². The molecule has 4 rings (SSSR count). The molecular weight excluding hydrogens is 489 g/mol. The van der Waals surface area contributed by atoms with Crippen molar-refractivity contribution in [1.82, 2.24) is 4.90 Å². The molecule has 9 heteroatoms. The van der Waals surface area contributed by atoms with Crippen molar-refractivity contribution in [2.75, 3.05) is 19.0 Å². The molecule has 1 N–H and O–H groups in total. The number of amides is 2. The molecule has 1 heterocycles. The molecule has 0 aliphatic carbocycles. The quantitative estimate of drug-likeness (QED) is 0.442. The third-order valence-corrected chi connectivity index (χ3v) is 6.84. The number of nitrogens with zero attached hydrogens (tertiary/aromatic N) is 2. The molecule has 6 nitrogen and oxygen atoms in total. The van der Waals surface area contributed by atoms with Crippen LogP contribution in [0.15, 0.2) is 77.8 Å². The van der Waals surface area contributed by atoms with E-state index in [9.17, 15) is 14.0 Å². The average molecular weight is 512 g/mol. The van der Waals surface area contributed by atoms with Gasteiger partial charge in [-0.2, -0.15) is 0 Å². The number of rotatable bonds is 7. The Hall–Kier alpha value is -3.36. The van der Waals surface area contributed by atoms with Crippen LogP contribution >= 0.6 is 23.4 Å². The van der Waals surface area contributed by atoms with Crippen LogP contribution in [0.25, 0.3) is 0 Å². The molecule has 1 aliphatic rings. The third kappa shape index (κ3) is 6.41. The fraction of sp³-hybridized carbons (Fsp3) is 0.192. The Labute approximate surface area is 212 Å². The van der Waals surface area contributed by atoms with E-state index in [1.165, 1.54) is 22.7 Å². The van der Waals surface area contributed by atoms with E-state index in [1.54, 1.807) is 73.8 Å². The molecule has 0 bridgehead atoms. The van der Waals surface area contributed by atoms with E-state index in [0.717, 1.165) is 0 Å². The lowest BCUT2D eigenvalue weighted by Gasteiger charge is -2.32. The largest absolute Gasteiger partial charge is 0.497 e. The maximum atomic E-state index is 14.1. The molecule has 1 fully saturated rings. The standard InChI is InChI=1S/C26H23ClFN3O3S/c1-34-21-12-10-20(11-13-21)30-26-31(15-14-17-4-2-3-5-22(17)28)24(32)16-23(35-26)25(33)29-19-8-6-18(27)7-9-19/h2-13,23H,14-16H2,1H3,(H,29,33). The molecule has 1 aliphatic heterocycles. The number of halogens is 2. The number of thioether (sulfide) groups is 1. The zero-order chi connectivity index (χ0) is 24.8. The number of anilines is 1. The predicted octanol–water partition coefficient (Wildman–Crippen LogP) is 5.69. The summed E-state index contributed by atoms with van der Waals surface area (Å²) in [7, 11) is 1.57. The number of aliphatic imine (C=N–C) groups is 1. The van der Waals surface area contributed by atoms with Gasteiger partial charge in [-0.3, -0.25) is 14.5 Å². The average Bonchev–Trinajstić information content (AvgIpc) is 2.86. The third-order valence-electron chi connectivity index (χ3n) is 5.40. The molecular formula is C26H23ClFN3O3S. The first kappa shape index (κ1) is 24.8. The van der Waals surface area contributed by atoms with Gasteiger partial charge >= 0.3 is 0 Å². The van der Waals surface area contributed by atoms with E-state index >= 15 is 0 Å². The van der Waals surface area contributed by atoms with Crippen LogP contribution in [0, 0.1) is 5.82 Å². The van der Waals surface area contributed by atoms with Crippen LogP contribution in [0.4, 0.5) is 15.8 Å². The van der Waals surface area contributed by atoms with Gasteiger partial charge in [0.05, 0.1) is 12.8 Å². The van der Waals surface area contributed by atoms with Crippen molar-refractivity contribution in [3.63, 3.8) is 0 Å². The number of ether oxygens (including phenoxy) is 1. The van der Waals surface area contributed by atoms with E-state index in [2.05, 4.69) is 10.3 Å². The van der Waals surface area contributed by atoms with Crippen LogP contribution in [-0.2, 0) is 16.0 Å². The molecule has 35 heavy (non-hydrogen) atoms. The lowest BCUT2D eigenvalue weighted by atomic mass is 10.1. The molecule has 2 amide bonds. The van der Waals surface area contributed by atoms with Gasteiger partial charge < -0.3 is 10.1 Å². The van der Waals surface area contributed by atoms with Crippen LogP contribution in [0.5, 0.6) is 5.75 Å². The number of amidine groups is 1. The summed E-state index contributed by atoms with van der Waals surface area (Å²) in [6, 6.07) is 20.3. The lowest BCUT2D eigenvalue weighted by Crippen LogP contribution is -2.46. The summed E-state index contributed by atoms with van der Waals surface area (Å²) >= 11 is 7.13. The maximum absolute atomic E-state index is 14.1. The summed E-state index contributed by atoms with van der Waals surface area (Å²) in [6.45, 7) is 0.243. The highest BCUT2D eigenvalue weighted by atomic mass is 35.5. The summed E-state index contributed by atoms with van der Waals surface area (Å²) in [4.78, 5) is 32.3. The van der Waals surface area contributed by atoms with Gasteiger partial charge in [-0.15, -0.1) is 0 Å². The molecule has 180 valence electrons. The minimum absolute atomic E-state index is 0.00297. The second-order valence-electron chi connectivity index (χ2n) is 7.79. The first-order valence-electron chi connectivity index (χ1n) is 10.9. The van der Waals surface area contributed by atoms with Gasteiger partial charge in [-0.05, 0) is 66.6 Å². The van der Waals surface area contributed by atoms with Gasteiger partial charge in [-0.25, -0.2) is 9.38 Å². The summed E-state index contributed by atoms with van der Waals surface area (Å²) in [5, 5.41) is 3.11. The second kappa shape index (κ2) is 11.4. The van der Waals surface area contributed by atoms with E-state index < -0.39 is 5.25 Å². The van der Waals surface area contributed by atoms with Crippen molar-refractivity contribution in [3.8, 4) is 5.75 Å². The number of hydrogen-bond donors (Lipinski definition) is 1. The summed E-state index contributed by atoms with van der Waals surface area (Å²) in [5.74, 6) is -0.193. The lowest BCUT2D eigenvalue weighted by molar-refractivity contribution is -0.129. The fourth-order valence-electron chi connectivity index (χ4n) is 3.52. The number of nitrogens with one attached hydrogen (secondary N) is 1. The first-order valence-corrected chi connectivity index (χ1v) is 12.2. The molecule has 0 spiro atoms. The van der Waals surface area contributed by atoms with E-state index in [-0.39, 0.29) is 30.6 Å².